The quantitative estimate of drug-likeness (QED) is 0.638. The van der Waals surface area contributed by atoms with Crippen molar-refractivity contribution in [3.8, 4) is 11.1 Å². The normalized spacial score (nSPS) is 19.5. The standard InChI is InChI=1S/C22H24FN3O/c23-19-7-5-16(6-8-19)17-3-4-18-11-21(26-20(18)10-17)22(27)25-13-15-2-1-14(9-15)12-24/h3-8,10-11,14-15,26H,1-2,9,12-13,24H2,(H,25,27)/t14-,15+/m1/s1. The summed E-state index contributed by atoms with van der Waals surface area (Å²) < 4.78 is 13.1. The number of aromatic nitrogens is 1. The number of amides is 1. The maximum atomic E-state index is 13.1. The molecule has 1 aliphatic carbocycles. The minimum atomic E-state index is -0.251. The molecular formula is C22H24FN3O. The number of nitrogens with two attached hydrogens (primary N) is 1. The van der Waals surface area contributed by atoms with E-state index in [1.54, 1.807) is 12.1 Å². The molecule has 1 fully saturated rings. The first-order valence-electron chi connectivity index (χ1n) is 9.49. The topological polar surface area (TPSA) is 70.9 Å². The van der Waals surface area contributed by atoms with E-state index in [0.717, 1.165) is 47.8 Å². The Morgan fingerprint density at radius 3 is 2.56 bits per heavy atom. The molecule has 1 aromatic heterocycles. The molecule has 4 nitrogen and oxygen atoms in total. The maximum absolute atomic E-state index is 13.1. The summed E-state index contributed by atoms with van der Waals surface area (Å²) in [6.45, 7) is 1.44. The van der Waals surface area contributed by atoms with Crippen LogP contribution in [0.25, 0.3) is 22.0 Å². The van der Waals surface area contributed by atoms with Crippen molar-refractivity contribution in [3.05, 3.63) is 60.0 Å². The fraction of sp³-hybridized carbons (Fsp3) is 0.318. The molecule has 5 heteroatoms. The third-order valence-corrected chi connectivity index (χ3v) is 5.58. The van der Waals surface area contributed by atoms with Crippen LogP contribution < -0.4 is 11.1 Å². The predicted molar refractivity (Wildman–Crippen MR) is 106 cm³/mol. The van der Waals surface area contributed by atoms with E-state index in [2.05, 4.69) is 10.3 Å². The average molecular weight is 365 g/mol. The number of hydrogen-bond acceptors (Lipinski definition) is 2. The minimum Gasteiger partial charge on any atom is -0.351 e. The average Bonchev–Trinajstić information content (AvgIpc) is 3.32. The summed E-state index contributed by atoms with van der Waals surface area (Å²) in [5, 5.41) is 4.03. The molecule has 0 spiro atoms. The molecule has 0 unspecified atom stereocenters. The number of halogens is 1. The Kier molecular flexibility index (Phi) is 4.94. The van der Waals surface area contributed by atoms with Crippen LogP contribution in [-0.4, -0.2) is 24.0 Å². The summed E-state index contributed by atoms with van der Waals surface area (Å²) in [6, 6.07) is 14.2. The molecule has 4 N–H and O–H groups in total. The minimum absolute atomic E-state index is 0.0780. The molecule has 2 atom stereocenters. The Labute approximate surface area is 158 Å². The molecule has 0 aliphatic heterocycles. The predicted octanol–water partition coefficient (Wildman–Crippen LogP) is 4.08. The van der Waals surface area contributed by atoms with Gasteiger partial charge in [-0.2, -0.15) is 0 Å². The summed E-state index contributed by atoms with van der Waals surface area (Å²) in [7, 11) is 0. The highest BCUT2D eigenvalue weighted by molar-refractivity contribution is 5.98. The number of H-pyrrole nitrogens is 1. The van der Waals surface area contributed by atoms with Gasteiger partial charge in [-0.05, 0) is 73.0 Å². The van der Waals surface area contributed by atoms with Gasteiger partial charge in [0.15, 0.2) is 0 Å². The molecule has 0 radical (unpaired) electrons. The monoisotopic (exact) mass is 365 g/mol. The van der Waals surface area contributed by atoms with Crippen molar-refractivity contribution < 1.29 is 9.18 Å². The van der Waals surface area contributed by atoms with Crippen LogP contribution in [-0.2, 0) is 0 Å². The van der Waals surface area contributed by atoms with E-state index in [0.29, 0.717) is 24.1 Å². The molecule has 1 aliphatic rings. The first kappa shape index (κ1) is 17.7. The smallest absolute Gasteiger partial charge is 0.267 e. The highest BCUT2D eigenvalue weighted by atomic mass is 19.1. The molecule has 1 heterocycles. The summed E-state index contributed by atoms with van der Waals surface area (Å²) in [5.41, 5.74) is 9.12. The molecule has 27 heavy (non-hydrogen) atoms. The van der Waals surface area contributed by atoms with E-state index < -0.39 is 0 Å². The first-order chi connectivity index (χ1) is 13.1. The number of benzene rings is 2. The van der Waals surface area contributed by atoms with Gasteiger partial charge >= 0.3 is 0 Å². The van der Waals surface area contributed by atoms with Crippen LogP contribution in [0, 0.1) is 17.7 Å². The van der Waals surface area contributed by atoms with Gasteiger partial charge in [0.05, 0.1) is 0 Å². The van der Waals surface area contributed by atoms with Crippen molar-refractivity contribution in [2.45, 2.75) is 19.3 Å². The lowest BCUT2D eigenvalue weighted by atomic mass is 10.0. The zero-order valence-electron chi connectivity index (χ0n) is 15.2. The summed E-state index contributed by atoms with van der Waals surface area (Å²) in [4.78, 5) is 15.7. The number of carbonyl (C=O) groups excluding carboxylic acids is 1. The van der Waals surface area contributed by atoms with Crippen LogP contribution in [0.1, 0.15) is 29.8 Å². The van der Waals surface area contributed by atoms with Gasteiger partial charge in [-0.15, -0.1) is 0 Å². The first-order valence-corrected chi connectivity index (χ1v) is 9.49. The van der Waals surface area contributed by atoms with E-state index in [9.17, 15) is 9.18 Å². The highest BCUT2D eigenvalue weighted by Crippen LogP contribution is 2.29. The van der Waals surface area contributed by atoms with E-state index in [4.69, 9.17) is 5.73 Å². The molecule has 140 valence electrons. The molecule has 1 saturated carbocycles. The van der Waals surface area contributed by atoms with Crippen LogP contribution in [0.4, 0.5) is 4.39 Å². The van der Waals surface area contributed by atoms with Gasteiger partial charge in [0.2, 0.25) is 0 Å². The van der Waals surface area contributed by atoms with E-state index in [1.165, 1.54) is 12.1 Å². The summed E-state index contributed by atoms with van der Waals surface area (Å²) >= 11 is 0. The van der Waals surface area contributed by atoms with Gasteiger partial charge in [0.1, 0.15) is 11.5 Å². The van der Waals surface area contributed by atoms with Crippen molar-refractivity contribution in [1.29, 1.82) is 0 Å². The Hall–Kier alpha value is -2.66. The van der Waals surface area contributed by atoms with Crippen LogP contribution in [0.3, 0.4) is 0 Å². The molecule has 1 amide bonds. The van der Waals surface area contributed by atoms with Crippen LogP contribution >= 0.6 is 0 Å². The van der Waals surface area contributed by atoms with Gasteiger partial charge in [0, 0.05) is 17.4 Å². The van der Waals surface area contributed by atoms with Crippen LogP contribution in [0.15, 0.2) is 48.5 Å². The zero-order valence-corrected chi connectivity index (χ0v) is 15.2. The Bertz CT molecular complexity index is 948. The van der Waals surface area contributed by atoms with Crippen molar-refractivity contribution in [3.63, 3.8) is 0 Å². The zero-order chi connectivity index (χ0) is 18.8. The van der Waals surface area contributed by atoms with Gasteiger partial charge in [-0.3, -0.25) is 4.79 Å². The lowest BCUT2D eigenvalue weighted by Crippen LogP contribution is -2.28. The van der Waals surface area contributed by atoms with Crippen LogP contribution in [0.2, 0.25) is 0 Å². The fourth-order valence-corrected chi connectivity index (χ4v) is 3.98. The Morgan fingerprint density at radius 2 is 1.81 bits per heavy atom. The second kappa shape index (κ2) is 7.53. The molecule has 4 rings (SSSR count). The third-order valence-electron chi connectivity index (χ3n) is 5.58. The summed E-state index contributed by atoms with van der Waals surface area (Å²) in [5.74, 6) is 0.797. The Morgan fingerprint density at radius 1 is 1.07 bits per heavy atom. The van der Waals surface area contributed by atoms with Crippen molar-refractivity contribution in [2.75, 3.05) is 13.1 Å². The number of hydrogen-bond donors (Lipinski definition) is 3. The lowest BCUT2D eigenvalue weighted by molar-refractivity contribution is 0.0943. The Balaban J connectivity index is 1.46. The van der Waals surface area contributed by atoms with Gasteiger partial charge in [0.25, 0.3) is 5.91 Å². The molecule has 0 saturated heterocycles. The largest absolute Gasteiger partial charge is 0.351 e. The maximum Gasteiger partial charge on any atom is 0.267 e. The van der Waals surface area contributed by atoms with E-state index in [1.807, 2.05) is 24.3 Å². The van der Waals surface area contributed by atoms with Crippen molar-refractivity contribution >= 4 is 16.8 Å². The van der Waals surface area contributed by atoms with Crippen molar-refractivity contribution in [1.82, 2.24) is 10.3 Å². The number of carbonyl (C=O) groups is 1. The van der Waals surface area contributed by atoms with E-state index in [-0.39, 0.29) is 11.7 Å². The molecular weight excluding hydrogens is 341 g/mol. The molecule has 0 bridgehead atoms. The fourth-order valence-electron chi connectivity index (χ4n) is 3.98. The van der Waals surface area contributed by atoms with Gasteiger partial charge in [-0.25, -0.2) is 4.39 Å². The number of fused-ring (bicyclic) bond motifs is 1. The van der Waals surface area contributed by atoms with Crippen molar-refractivity contribution in [2.24, 2.45) is 17.6 Å². The number of aromatic amines is 1. The SMILES string of the molecule is NC[C@@H]1CC[C@H](CNC(=O)c2cc3ccc(-c4ccc(F)cc4)cc3[nH]2)C1. The number of rotatable bonds is 5. The highest BCUT2D eigenvalue weighted by Gasteiger charge is 2.24. The molecule has 3 aromatic rings. The van der Waals surface area contributed by atoms with Crippen LogP contribution in [0.5, 0.6) is 0 Å². The van der Waals surface area contributed by atoms with Gasteiger partial charge in [-0.1, -0.05) is 24.3 Å². The molecule has 2 aromatic carbocycles. The summed E-state index contributed by atoms with van der Waals surface area (Å²) in [6.07, 6.45) is 3.40. The second-order valence-corrected chi connectivity index (χ2v) is 7.48. The number of nitrogens with one attached hydrogen (secondary N) is 2. The third kappa shape index (κ3) is 3.88. The second-order valence-electron chi connectivity index (χ2n) is 7.48. The van der Waals surface area contributed by atoms with E-state index >= 15 is 0 Å². The lowest BCUT2D eigenvalue weighted by Gasteiger charge is -2.11. The van der Waals surface area contributed by atoms with Gasteiger partial charge < -0.3 is 16.0 Å².